The Morgan fingerprint density at radius 3 is 2.62 bits per heavy atom. The van der Waals surface area contributed by atoms with E-state index in [1.807, 2.05) is 6.92 Å². The second kappa shape index (κ2) is 7.38. The minimum absolute atomic E-state index is 0.474. The number of carboxylic acid groups (broad SMARTS) is 1. The van der Waals surface area contributed by atoms with Crippen molar-refractivity contribution in [3.8, 4) is 0 Å². The number of piperidine rings is 1. The molecule has 0 amide bonds. The molecule has 1 aliphatic heterocycles. The Balaban J connectivity index is 1.74. The Morgan fingerprint density at radius 2 is 2.10 bits per heavy atom. The molecule has 1 N–H and O–H groups in total. The van der Waals surface area contributed by atoms with Crippen molar-refractivity contribution in [3.63, 3.8) is 0 Å². The molecule has 0 aliphatic carbocycles. The summed E-state index contributed by atoms with van der Waals surface area (Å²) in [5.74, 6) is -0.805. The van der Waals surface area contributed by atoms with Gasteiger partial charge in [0.2, 0.25) is 0 Å². The molecule has 2 rings (SSSR count). The normalized spacial score (nSPS) is 17.5. The highest BCUT2D eigenvalue weighted by molar-refractivity contribution is 7.10. The van der Waals surface area contributed by atoms with Crippen LogP contribution in [-0.4, -0.2) is 60.6 Å². The van der Waals surface area contributed by atoms with E-state index < -0.39 is 5.97 Å². The van der Waals surface area contributed by atoms with E-state index in [2.05, 4.69) is 23.9 Å². The molecule has 0 atom stereocenters. The number of hydrogen-bond donors (Lipinski definition) is 1. The van der Waals surface area contributed by atoms with Crippen LogP contribution in [-0.2, 0) is 6.42 Å². The highest BCUT2D eigenvalue weighted by Gasteiger charge is 2.20. The van der Waals surface area contributed by atoms with E-state index >= 15 is 0 Å². The number of nitrogens with zero attached hydrogens (tertiary/aromatic N) is 2. The lowest BCUT2D eigenvalue weighted by atomic mass is 10.0. The van der Waals surface area contributed by atoms with Crippen LogP contribution in [0.2, 0.25) is 0 Å². The first-order valence-corrected chi connectivity index (χ1v) is 8.56. The van der Waals surface area contributed by atoms with Gasteiger partial charge in [-0.15, -0.1) is 11.3 Å². The third kappa shape index (κ3) is 4.28. The van der Waals surface area contributed by atoms with Gasteiger partial charge >= 0.3 is 5.97 Å². The van der Waals surface area contributed by atoms with Gasteiger partial charge in [-0.25, -0.2) is 4.79 Å². The number of likely N-dealkylation sites (tertiary alicyclic amines) is 1. The molecule has 118 valence electrons. The minimum atomic E-state index is -0.805. The predicted octanol–water partition coefficient (Wildman–Crippen LogP) is 2.71. The zero-order chi connectivity index (χ0) is 15.4. The highest BCUT2D eigenvalue weighted by atomic mass is 32.1. The van der Waals surface area contributed by atoms with Crippen molar-refractivity contribution in [2.75, 3.05) is 33.7 Å². The molecule has 1 aromatic rings. The molecule has 0 unspecified atom stereocenters. The lowest BCUT2D eigenvalue weighted by Crippen LogP contribution is -2.42. The third-order valence-corrected chi connectivity index (χ3v) is 5.69. The molecule has 1 saturated heterocycles. The van der Waals surface area contributed by atoms with Crippen LogP contribution in [0, 0.1) is 6.92 Å². The zero-order valence-electron chi connectivity index (χ0n) is 13.3. The second-order valence-corrected chi connectivity index (χ2v) is 7.11. The standard InChI is InChI=1S/C16H26N2O2S/c1-12-14(16(19)20)11-21-15(12)5-4-8-18-9-6-13(7-10-18)17(2)3/h11,13H,4-10H2,1-3H3,(H,19,20). The zero-order valence-corrected chi connectivity index (χ0v) is 14.1. The first kappa shape index (κ1) is 16.5. The fourth-order valence-electron chi connectivity index (χ4n) is 3.04. The van der Waals surface area contributed by atoms with Crippen LogP contribution in [0.25, 0.3) is 0 Å². The lowest BCUT2D eigenvalue weighted by molar-refractivity contribution is 0.0696. The molecule has 1 fully saturated rings. The number of aromatic carboxylic acids is 1. The fraction of sp³-hybridized carbons (Fsp3) is 0.688. The van der Waals surface area contributed by atoms with Crippen LogP contribution in [0.5, 0.6) is 0 Å². The van der Waals surface area contributed by atoms with Gasteiger partial charge in [-0.3, -0.25) is 0 Å². The molecular weight excluding hydrogens is 284 g/mol. The van der Waals surface area contributed by atoms with Gasteiger partial charge in [-0.05, 0) is 71.9 Å². The maximum absolute atomic E-state index is 11.0. The Morgan fingerprint density at radius 1 is 1.43 bits per heavy atom. The quantitative estimate of drug-likeness (QED) is 0.877. The van der Waals surface area contributed by atoms with E-state index in [4.69, 9.17) is 5.11 Å². The average Bonchev–Trinajstić information content (AvgIpc) is 2.81. The maximum atomic E-state index is 11.0. The Bertz CT molecular complexity index is 477. The van der Waals surface area contributed by atoms with Gasteiger partial charge in [0.05, 0.1) is 5.56 Å². The van der Waals surface area contributed by atoms with Crippen LogP contribution in [0.1, 0.15) is 40.1 Å². The van der Waals surface area contributed by atoms with Crippen LogP contribution < -0.4 is 0 Å². The van der Waals surface area contributed by atoms with Gasteiger partial charge in [0, 0.05) is 16.3 Å². The lowest BCUT2D eigenvalue weighted by Gasteiger charge is -2.35. The summed E-state index contributed by atoms with van der Waals surface area (Å²) < 4.78 is 0. The molecule has 4 nitrogen and oxygen atoms in total. The SMILES string of the molecule is Cc1c(C(=O)O)csc1CCCN1CCC(N(C)C)CC1. The summed E-state index contributed by atoms with van der Waals surface area (Å²) in [4.78, 5) is 17.1. The molecule has 0 saturated carbocycles. The molecular formula is C16H26N2O2S. The van der Waals surface area contributed by atoms with Crippen molar-refractivity contribution in [3.05, 3.63) is 21.4 Å². The molecule has 1 aliphatic rings. The summed E-state index contributed by atoms with van der Waals surface area (Å²) in [7, 11) is 4.33. The van der Waals surface area contributed by atoms with Crippen LogP contribution in [0.15, 0.2) is 5.38 Å². The number of hydrogen-bond acceptors (Lipinski definition) is 4. The summed E-state index contributed by atoms with van der Waals surface area (Å²) in [6.45, 7) is 5.43. The number of rotatable bonds is 6. The van der Waals surface area contributed by atoms with Gasteiger partial charge in [-0.1, -0.05) is 0 Å². The van der Waals surface area contributed by atoms with E-state index in [1.165, 1.54) is 30.8 Å². The Hall–Kier alpha value is -0.910. The van der Waals surface area contributed by atoms with E-state index in [1.54, 1.807) is 16.7 Å². The molecule has 1 aromatic heterocycles. The summed E-state index contributed by atoms with van der Waals surface area (Å²) in [6.07, 6.45) is 4.63. The van der Waals surface area contributed by atoms with Crippen molar-refractivity contribution in [1.82, 2.24) is 9.80 Å². The van der Waals surface area contributed by atoms with Crippen LogP contribution in [0.4, 0.5) is 0 Å². The molecule has 0 spiro atoms. The summed E-state index contributed by atoms with van der Waals surface area (Å²) in [6, 6.07) is 0.735. The Kier molecular flexibility index (Phi) is 5.79. The van der Waals surface area contributed by atoms with Crippen molar-refractivity contribution in [2.45, 2.75) is 38.6 Å². The van der Waals surface area contributed by atoms with Gasteiger partial charge < -0.3 is 14.9 Å². The largest absolute Gasteiger partial charge is 0.478 e. The molecule has 0 radical (unpaired) electrons. The van der Waals surface area contributed by atoms with E-state index in [9.17, 15) is 4.79 Å². The van der Waals surface area contributed by atoms with E-state index in [0.717, 1.165) is 31.0 Å². The van der Waals surface area contributed by atoms with Gasteiger partial charge in [0.15, 0.2) is 0 Å². The number of carbonyl (C=O) groups is 1. The topological polar surface area (TPSA) is 43.8 Å². The number of aryl methyl sites for hydroxylation is 1. The van der Waals surface area contributed by atoms with Gasteiger partial charge in [-0.2, -0.15) is 0 Å². The predicted molar refractivity (Wildman–Crippen MR) is 87.5 cm³/mol. The summed E-state index contributed by atoms with van der Waals surface area (Å²) in [5.41, 5.74) is 1.43. The minimum Gasteiger partial charge on any atom is -0.478 e. The second-order valence-electron chi connectivity index (χ2n) is 6.14. The third-order valence-electron chi connectivity index (χ3n) is 4.54. The molecule has 0 aromatic carbocycles. The fourth-order valence-corrected chi connectivity index (χ4v) is 4.12. The van der Waals surface area contributed by atoms with Crippen molar-refractivity contribution < 1.29 is 9.90 Å². The molecule has 0 bridgehead atoms. The smallest absolute Gasteiger partial charge is 0.336 e. The average molecular weight is 310 g/mol. The summed E-state index contributed by atoms with van der Waals surface area (Å²) in [5, 5.41) is 10.8. The Labute approximate surface area is 131 Å². The van der Waals surface area contributed by atoms with Crippen molar-refractivity contribution in [2.24, 2.45) is 0 Å². The first-order valence-electron chi connectivity index (χ1n) is 7.68. The highest BCUT2D eigenvalue weighted by Crippen LogP contribution is 2.23. The van der Waals surface area contributed by atoms with Gasteiger partial charge in [0.25, 0.3) is 0 Å². The van der Waals surface area contributed by atoms with Crippen molar-refractivity contribution >= 4 is 17.3 Å². The molecule has 21 heavy (non-hydrogen) atoms. The summed E-state index contributed by atoms with van der Waals surface area (Å²) >= 11 is 1.59. The van der Waals surface area contributed by atoms with Crippen LogP contribution >= 0.6 is 11.3 Å². The molecule has 2 heterocycles. The monoisotopic (exact) mass is 310 g/mol. The number of thiophene rings is 1. The van der Waals surface area contributed by atoms with E-state index in [-0.39, 0.29) is 0 Å². The van der Waals surface area contributed by atoms with E-state index in [0.29, 0.717) is 5.56 Å². The number of carboxylic acids is 1. The van der Waals surface area contributed by atoms with Gasteiger partial charge in [0.1, 0.15) is 0 Å². The van der Waals surface area contributed by atoms with Crippen LogP contribution in [0.3, 0.4) is 0 Å². The first-order chi connectivity index (χ1) is 9.99. The van der Waals surface area contributed by atoms with Crippen molar-refractivity contribution in [1.29, 1.82) is 0 Å². The maximum Gasteiger partial charge on any atom is 0.336 e. The molecule has 5 heteroatoms.